The topological polar surface area (TPSA) is 64.6 Å². The fourth-order valence-corrected chi connectivity index (χ4v) is 7.98. The largest absolute Gasteiger partial charge is 0.379 e. The fraction of sp³-hybridized carbons (Fsp3) is 0.758. The molecule has 0 aromatic carbocycles. The first-order valence-corrected chi connectivity index (χ1v) is 17.4. The molecule has 2 bridgehead atoms. The molecule has 3 saturated heterocycles. The second-order valence-electron chi connectivity index (χ2n) is 11.9. The second kappa shape index (κ2) is 15.9. The van der Waals surface area contributed by atoms with Crippen LogP contribution in [0.5, 0.6) is 0 Å². The Morgan fingerprint density at radius 2 is 1.36 bits per heavy atom. The maximum absolute atomic E-state index is 6.50. The minimum Gasteiger partial charge on any atom is -0.379 e. The predicted molar refractivity (Wildman–Crippen MR) is 169 cm³/mol. The zero-order valence-corrected chi connectivity index (χ0v) is 28.2. The Morgan fingerprint density at radius 1 is 0.762 bits per heavy atom. The summed E-state index contributed by atoms with van der Waals surface area (Å²) in [5.74, 6) is -0.0899. The van der Waals surface area contributed by atoms with E-state index >= 15 is 0 Å². The molecule has 1 unspecified atom stereocenters. The third-order valence-electron chi connectivity index (χ3n) is 8.57. The van der Waals surface area contributed by atoms with E-state index in [1.165, 1.54) is 14.6 Å². The maximum Gasteiger partial charge on any atom is 0.321 e. The molecular formula is C33H52O7S2. The molecule has 0 aliphatic carbocycles. The van der Waals surface area contributed by atoms with Crippen molar-refractivity contribution in [3.63, 3.8) is 0 Å². The van der Waals surface area contributed by atoms with Gasteiger partial charge in [0.1, 0.15) is 5.60 Å². The van der Waals surface area contributed by atoms with Crippen molar-refractivity contribution in [2.24, 2.45) is 5.41 Å². The normalized spacial score (nSPS) is 23.2. The van der Waals surface area contributed by atoms with Gasteiger partial charge in [-0.3, -0.25) is 0 Å². The summed E-state index contributed by atoms with van der Waals surface area (Å²) in [7, 11) is 0. The zero-order chi connectivity index (χ0) is 30.1. The summed E-state index contributed by atoms with van der Waals surface area (Å²) in [5, 5.41) is 0. The van der Waals surface area contributed by atoms with Crippen LogP contribution in [0.15, 0.2) is 24.3 Å². The monoisotopic (exact) mass is 624 g/mol. The van der Waals surface area contributed by atoms with Gasteiger partial charge in [0.05, 0.1) is 64.3 Å². The third kappa shape index (κ3) is 8.23. The molecule has 3 aliphatic rings. The molecule has 3 fully saturated rings. The summed E-state index contributed by atoms with van der Waals surface area (Å²) in [6.45, 7) is 19.4. The van der Waals surface area contributed by atoms with E-state index in [-0.39, 0.29) is 11.0 Å². The average molecular weight is 625 g/mol. The van der Waals surface area contributed by atoms with Crippen LogP contribution in [0.4, 0.5) is 0 Å². The van der Waals surface area contributed by atoms with Crippen molar-refractivity contribution in [1.29, 1.82) is 0 Å². The van der Waals surface area contributed by atoms with Crippen LogP contribution in [0.25, 0.3) is 0 Å². The van der Waals surface area contributed by atoms with E-state index < -0.39 is 5.97 Å². The van der Waals surface area contributed by atoms with Gasteiger partial charge in [0.15, 0.2) is 0 Å². The quantitative estimate of drug-likeness (QED) is 0.139. The highest BCUT2D eigenvalue weighted by Gasteiger charge is 2.54. The van der Waals surface area contributed by atoms with E-state index in [0.717, 1.165) is 37.2 Å². The van der Waals surface area contributed by atoms with Crippen molar-refractivity contribution in [2.45, 2.75) is 90.6 Å². The lowest BCUT2D eigenvalue weighted by molar-refractivity contribution is -0.479. The minimum atomic E-state index is -1.01. The van der Waals surface area contributed by atoms with Crippen molar-refractivity contribution in [3.05, 3.63) is 43.8 Å². The molecule has 9 heteroatoms. The van der Waals surface area contributed by atoms with E-state index in [2.05, 4.69) is 58.9 Å². The Hall–Kier alpha value is -0.880. The third-order valence-corrected chi connectivity index (χ3v) is 11.5. The maximum atomic E-state index is 6.50. The van der Waals surface area contributed by atoms with Gasteiger partial charge in [-0.1, -0.05) is 34.6 Å². The average Bonchev–Trinajstić information content (AvgIpc) is 3.72. The highest BCUT2D eigenvalue weighted by molar-refractivity contribution is 7.12. The zero-order valence-electron chi connectivity index (χ0n) is 26.5. The van der Waals surface area contributed by atoms with Crippen LogP contribution in [-0.4, -0.2) is 66.1 Å². The van der Waals surface area contributed by atoms with Gasteiger partial charge >= 0.3 is 5.97 Å². The highest BCUT2D eigenvalue weighted by Crippen LogP contribution is 2.49. The lowest BCUT2D eigenvalue weighted by Crippen LogP contribution is -2.58. The SMILES string of the molecule is CCOCCOCCOCCOC(CC)(CC)c1ccc(C(C)CCC23COC(c4ccc(C(C)C)s4)(OC2)OC3)s1. The van der Waals surface area contributed by atoms with Crippen molar-refractivity contribution >= 4 is 22.7 Å². The number of ether oxygens (including phenoxy) is 7. The van der Waals surface area contributed by atoms with Crippen LogP contribution >= 0.6 is 22.7 Å². The molecule has 2 aromatic rings. The summed E-state index contributed by atoms with van der Waals surface area (Å²) in [6, 6.07) is 8.82. The molecule has 5 heterocycles. The van der Waals surface area contributed by atoms with Gasteiger partial charge in [-0.05, 0) is 68.7 Å². The lowest BCUT2D eigenvalue weighted by atomic mass is 9.81. The van der Waals surface area contributed by atoms with Crippen molar-refractivity contribution < 1.29 is 33.2 Å². The van der Waals surface area contributed by atoms with Crippen molar-refractivity contribution in [1.82, 2.24) is 0 Å². The van der Waals surface area contributed by atoms with Crippen LogP contribution in [0.1, 0.15) is 98.6 Å². The first-order chi connectivity index (χ1) is 20.3. The van der Waals surface area contributed by atoms with Gasteiger partial charge in [0.25, 0.3) is 0 Å². The van der Waals surface area contributed by atoms with Crippen LogP contribution in [0, 0.1) is 5.41 Å². The van der Waals surface area contributed by atoms with Crippen LogP contribution in [0.2, 0.25) is 0 Å². The standard InChI is InChI=1S/C33H52O7S2/c1-7-32(8-2,37-21-20-36-19-18-35-17-16-34-9-3)29-12-11-28(42-29)26(6)14-15-31-22-38-33(39-23-31,40-24-31)30-13-10-27(41-30)25(4)5/h10-13,25-26H,7-9,14-24H2,1-6H3. The Morgan fingerprint density at radius 3 is 1.93 bits per heavy atom. The molecule has 5 rings (SSSR count). The summed E-state index contributed by atoms with van der Waals surface area (Å²) in [4.78, 5) is 5.05. The summed E-state index contributed by atoms with van der Waals surface area (Å²) in [5.41, 5.74) is -0.357. The first-order valence-electron chi connectivity index (χ1n) is 15.8. The van der Waals surface area contributed by atoms with Gasteiger partial charge in [-0.25, -0.2) is 0 Å². The van der Waals surface area contributed by atoms with E-state index in [0.29, 0.717) is 71.3 Å². The highest BCUT2D eigenvalue weighted by atomic mass is 32.1. The van der Waals surface area contributed by atoms with Crippen LogP contribution < -0.4 is 0 Å². The first kappa shape index (κ1) is 34.0. The van der Waals surface area contributed by atoms with E-state index in [1.807, 2.05) is 18.3 Å². The molecule has 2 aromatic heterocycles. The van der Waals surface area contributed by atoms with E-state index in [1.54, 1.807) is 11.3 Å². The van der Waals surface area contributed by atoms with E-state index in [4.69, 9.17) is 33.2 Å². The number of fused-ring (bicyclic) bond motifs is 3. The Bertz CT molecular complexity index is 1040. The van der Waals surface area contributed by atoms with Gasteiger partial charge in [0, 0.05) is 26.7 Å². The molecule has 0 saturated carbocycles. The van der Waals surface area contributed by atoms with Gasteiger partial charge in [0.2, 0.25) is 0 Å². The second-order valence-corrected chi connectivity index (χ2v) is 14.1. The molecule has 0 spiro atoms. The van der Waals surface area contributed by atoms with Gasteiger partial charge in [-0.15, -0.1) is 22.7 Å². The Labute approximate surface area is 261 Å². The fourth-order valence-electron chi connectivity index (χ4n) is 5.53. The lowest BCUT2D eigenvalue weighted by Gasteiger charge is -2.51. The summed E-state index contributed by atoms with van der Waals surface area (Å²) in [6.07, 6.45) is 3.93. The number of thiophene rings is 2. The Kier molecular flexibility index (Phi) is 12.9. The molecule has 0 amide bonds. The molecule has 0 N–H and O–H groups in total. The van der Waals surface area contributed by atoms with Gasteiger partial charge in [-0.2, -0.15) is 0 Å². The van der Waals surface area contributed by atoms with Crippen LogP contribution in [0.3, 0.4) is 0 Å². The molecule has 0 radical (unpaired) electrons. The summed E-state index contributed by atoms with van der Waals surface area (Å²) < 4.78 is 41.9. The summed E-state index contributed by atoms with van der Waals surface area (Å²) >= 11 is 3.62. The minimum absolute atomic E-state index is 0.0811. The number of hydrogen-bond acceptors (Lipinski definition) is 9. The van der Waals surface area contributed by atoms with Crippen LogP contribution in [-0.2, 0) is 44.7 Å². The molecule has 7 nitrogen and oxygen atoms in total. The number of hydrogen-bond donors (Lipinski definition) is 0. The van der Waals surface area contributed by atoms with Crippen molar-refractivity contribution in [3.8, 4) is 0 Å². The molecule has 3 aliphatic heterocycles. The van der Waals surface area contributed by atoms with Crippen molar-refractivity contribution in [2.75, 3.05) is 66.1 Å². The van der Waals surface area contributed by atoms with Gasteiger partial charge < -0.3 is 33.2 Å². The van der Waals surface area contributed by atoms with E-state index in [9.17, 15) is 0 Å². The number of rotatable bonds is 20. The molecule has 1 atom stereocenters. The molecular weight excluding hydrogens is 572 g/mol. The Balaban J connectivity index is 1.23. The molecule has 42 heavy (non-hydrogen) atoms. The predicted octanol–water partition coefficient (Wildman–Crippen LogP) is 7.79. The smallest absolute Gasteiger partial charge is 0.321 e. The molecule has 238 valence electrons.